The Kier molecular flexibility index (Phi) is 4.10. The van der Waals surface area contributed by atoms with Crippen LogP contribution < -0.4 is 0 Å². The number of nitrogens with zero attached hydrogens (tertiary/aromatic N) is 1. The smallest absolute Gasteiger partial charge is 0.417 e. The molecule has 0 atom stereocenters. The van der Waals surface area contributed by atoms with Crippen molar-refractivity contribution in [3.05, 3.63) is 35.0 Å². The molecule has 106 valence electrons. The molecule has 0 aliphatic carbocycles. The van der Waals surface area contributed by atoms with Gasteiger partial charge in [-0.25, -0.2) is 0 Å². The van der Waals surface area contributed by atoms with Crippen molar-refractivity contribution in [1.82, 2.24) is 4.98 Å². The van der Waals surface area contributed by atoms with Gasteiger partial charge in [0.25, 0.3) is 0 Å². The Hall–Kier alpha value is -1.47. The van der Waals surface area contributed by atoms with Crippen molar-refractivity contribution in [1.29, 1.82) is 0 Å². The fourth-order valence-corrected chi connectivity index (χ4v) is 2.65. The number of carboxylic acid groups (broad SMARTS) is 1. The van der Waals surface area contributed by atoms with E-state index < -0.39 is 22.7 Å². The minimum Gasteiger partial charge on any atom is -0.481 e. The second kappa shape index (κ2) is 5.49. The molecule has 1 aromatic carbocycles. The molecule has 1 heterocycles. The van der Waals surface area contributed by atoms with Gasteiger partial charge in [-0.1, -0.05) is 11.6 Å². The highest BCUT2D eigenvalue weighted by Crippen LogP contribution is 2.38. The van der Waals surface area contributed by atoms with Crippen LogP contribution in [0.4, 0.5) is 13.2 Å². The molecular formula is C12H7ClF3NO2S. The van der Waals surface area contributed by atoms with Crippen LogP contribution in [-0.2, 0) is 11.0 Å². The van der Waals surface area contributed by atoms with Crippen LogP contribution >= 0.6 is 23.4 Å². The number of rotatable bonds is 3. The summed E-state index contributed by atoms with van der Waals surface area (Å²) in [6.07, 6.45) is -3.22. The summed E-state index contributed by atoms with van der Waals surface area (Å²) in [5.41, 5.74) is -0.836. The average molecular weight is 322 g/mol. The monoisotopic (exact) mass is 321 g/mol. The minimum atomic E-state index is -4.56. The first-order valence-electron chi connectivity index (χ1n) is 5.29. The molecule has 0 aliphatic heterocycles. The summed E-state index contributed by atoms with van der Waals surface area (Å²) in [6, 6.07) is 3.57. The zero-order chi connectivity index (χ0) is 14.9. The highest BCUT2D eigenvalue weighted by Gasteiger charge is 2.33. The number of aliphatic carboxylic acids is 1. The summed E-state index contributed by atoms with van der Waals surface area (Å²) >= 11 is 6.65. The van der Waals surface area contributed by atoms with Crippen LogP contribution in [0, 0.1) is 0 Å². The third kappa shape index (κ3) is 3.16. The lowest BCUT2D eigenvalue weighted by Gasteiger charge is -2.11. The predicted molar refractivity (Wildman–Crippen MR) is 70.1 cm³/mol. The van der Waals surface area contributed by atoms with Crippen molar-refractivity contribution in [3.8, 4) is 0 Å². The molecule has 1 aromatic heterocycles. The Bertz CT molecular complexity index is 676. The molecule has 0 saturated heterocycles. The summed E-state index contributed by atoms with van der Waals surface area (Å²) < 4.78 is 38.2. The highest BCUT2D eigenvalue weighted by atomic mass is 35.5. The number of carboxylic acids is 1. The van der Waals surface area contributed by atoms with Crippen LogP contribution in [0.2, 0.25) is 5.02 Å². The van der Waals surface area contributed by atoms with Gasteiger partial charge in [0.2, 0.25) is 0 Å². The Morgan fingerprint density at radius 3 is 2.70 bits per heavy atom. The normalized spacial score (nSPS) is 11.8. The SMILES string of the molecule is O=C(O)CSc1ccnc2cc(C(F)(F)F)c(Cl)cc12. The fraction of sp³-hybridized carbons (Fsp3) is 0.167. The number of carbonyl (C=O) groups is 1. The van der Waals surface area contributed by atoms with E-state index >= 15 is 0 Å². The minimum absolute atomic E-state index is 0.122. The summed E-state index contributed by atoms with van der Waals surface area (Å²) in [7, 11) is 0. The summed E-state index contributed by atoms with van der Waals surface area (Å²) in [4.78, 5) is 14.9. The lowest BCUT2D eigenvalue weighted by molar-refractivity contribution is -0.137. The third-order valence-corrected chi connectivity index (χ3v) is 3.82. The Morgan fingerprint density at radius 1 is 1.40 bits per heavy atom. The van der Waals surface area contributed by atoms with Gasteiger partial charge in [-0.15, -0.1) is 11.8 Å². The average Bonchev–Trinajstić information content (AvgIpc) is 2.34. The molecule has 0 aliphatic rings. The van der Waals surface area contributed by atoms with Gasteiger partial charge in [-0.05, 0) is 18.2 Å². The Balaban J connectivity index is 2.54. The summed E-state index contributed by atoms with van der Waals surface area (Å²) in [5.74, 6) is -1.21. The molecule has 0 fully saturated rings. The van der Waals surface area contributed by atoms with Gasteiger partial charge in [-0.3, -0.25) is 9.78 Å². The number of fused-ring (bicyclic) bond motifs is 1. The predicted octanol–water partition coefficient (Wildman–Crippen LogP) is 4.08. The molecule has 0 radical (unpaired) electrons. The molecule has 20 heavy (non-hydrogen) atoms. The van der Waals surface area contributed by atoms with Crippen LogP contribution in [0.25, 0.3) is 10.9 Å². The third-order valence-electron chi connectivity index (χ3n) is 2.45. The van der Waals surface area contributed by atoms with E-state index in [1.807, 2.05) is 0 Å². The molecule has 0 saturated carbocycles. The molecule has 2 rings (SSSR count). The topological polar surface area (TPSA) is 50.2 Å². The van der Waals surface area contributed by atoms with Gasteiger partial charge >= 0.3 is 12.1 Å². The maximum Gasteiger partial charge on any atom is 0.417 e. The standard InChI is InChI=1S/C12H7ClF3NO2S/c13-8-3-6-9(4-7(8)12(14,15)16)17-2-1-10(6)20-5-11(18)19/h1-4H,5H2,(H,18,19). The van der Waals surface area contributed by atoms with Gasteiger partial charge in [0.1, 0.15) is 0 Å². The van der Waals surface area contributed by atoms with E-state index in [1.54, 1.807) is 6.07 Å². The first-order valence-corrected chi connectivity index (χ1v) is 6.65. The molecule has 0 spiro atoms. The molecule has 2 aromatic rings. The van der Waals surface area contributed by atoms with E-state index in [0.717, 1.165) is 23.9 Å². The Labute approximate surface area is 120 Å². The van der Waals surface area contributed by atoms with Crippen LogP contribution in [0.15, 0.2) is 29.3 Å². The molecule has 8 heteroatoms. The maximum absolute atomic E-state index is 12.7. The Morgan fingerprint density at radius 2 is 2.10 bits per heavy atom. The molecular weight excluding hydrogens is 315 g/mol. The van der Waals surface area contributed by atoms with Gasteiger partial charge in [0.05, 0.1) is 21.9 Å². The largest absolute Gasteiger partial charge is 0.481 e. The first-order chi connectivity index (χ1) is 9.29. The van der Waals surface area contributed by atoms with Crippen molar-refractivity contribution < 1.29 is 23.1 Å². The van der Waals surface area contributed by atoms with Gasteiger partial charge < -0.3 is 5.11 Å². The van der Waals surface area contributed by atoms with E-state index in [-0.39, 0.29) is 11.3 Å². The molecule has 0 bridgehead atoms. The number of benzene rings is 1. The van der Waals surface area contributed by atoms with E-state index in [1.165, 1.54) is 6.20 Å². The number of halogens is 4. The zero-order valence-electron chi connectivity index (χ0n) is 9.74. The van der Waals surface area contributed by atoms with Crippen molar-refractivity contribution >= 4 is 40.2 Å². The quantitative estimate of drug-likeness (QED) is 0.865. The van der Waals surface area contributed by atoms with E-state index in [2.05, 4.69) is 4.98 Å². The van der Waals surface area contributed by atoms with Gasteiger partial charge in [0, 0.05) is 16.5 Å². The van der Waals surface area contributed by atoms with Crippen LogP contribution in [0.1, 0.15) is 5.56 Å². The van der Waals surface area contributed by atoms with Crippen molar-refractivity contribution in [2.75, 3.05) is 5.75 Å². The number of aromatic nitrogens is 1. The van der Waals surface area contributed by atoms with E-state index in [0.29, 0.717) is 10.3 Å². The van der Waals surface area contributed by atoms with Crippen molar-refractivity contribution in [2.24, 2.45) is 0 Å². The van der Waals surface area contributed by atoms with Gasteiger partial charge in [0.15, 0.2) is 0 Å². The zero-order valence-corrected chi connectivity index (χ0v) is 11.3. The number of hydrogen-bond acceptors (Lipinski definition) is 3. The number of thioether (sulfide) groups is 1. The number of alkyl halides is 3. The lowest BCUT2D eigenvalue weighted by Crippen LogP contribution is -2.06. The fourth-order valence-electron chi connectivity index (χ4n) is 1.62. The van der Waals surface area contributed by atoms with Crippen molar-refractivity contribution in [2.45, 2.75) is 11.1 Å². The number of hydrogen-bond donors (Lipinski definition) is 1. The van der Waals surface area contributed by atoms with E-state index in [4.69, 9.17) is 16.7 Å². The molecule has 0 amide bonds. The van der Waals surface area contributed by atoms with Crippen LogP contribution in [-0.4, -0.2) is 21.8 Å². The van der Waals surface area contributed by atoms with Gasteiger partial charge in [-0.2, -0.15) is 13.2 Å². The number of pyridine rings is 1. The highest BCUT2D eigenvalue weighted by molar-refractivity contribution is 8.00. The second-order valence-corrected chi connectivity index (χ2v) is 5.26. The maximum atomic E-state index is 12.7. The van der Waals surface area contributed by atoms with E-state index in [9.17, 15) is 18.0 Å². The molecule has 3 nitrogen and oxygen atoms in total. The van der Waals surface area contributed by atoms with Crippen LogP contribution in [0.3, 0.4) is 0 Å². The summed E-state index contributed by atoms with van der Waals surface area (Å²) in [6.45, 7) is 0. The van der Waals surface area contributed by atoms with Crippen molar-refractivity contribution in [3.63, 3.8) is 0 Å². The second-order valence-electron chi connectivity index (χ2n) is 3.84. The summed E-state index contributed by atoms with van der Waals surface area (Å²) in [5, 5.41) is 8.61. The molecule has 1 N–H and O–H groups in total. The van der Waals surface area contributed by atoms with Crippen LogP contribution in [0.5, 0.6) is 0 Å². The first kappa shape index (κ1) is 14.9. The molecule has 0 unspecified atom stereocenters. The lowest BCUT2D eigenvalue weighted by atomic mass is 10.1.